The third-order valence-corrected chi connectivity index (χ3v) is 7.94. The van der Waals surface area contributed by atoms with Gasteiger partial charge in [-0.2, -0.15) is 0 Å². The van der Waals surface area contributed by atoms with E-state index < -0.39 is 36.0 Å². The standard InChI is InChI=1S/C31H37N7O5/c32-16-28(40)37-13-12-33-25(19-37)31(43)38-18-23(36-30(42)27(39)11-10-20-6-2-1-3-7-20)15-26(38)29(41)35-22-14-21-8-4-5-9-24(21)34-17-22/h1-9,14,17,23,25-27,33,39H,10-13,15-16,18-19,32H2,(H,35,41)(H,36,42). The largest absolute Gasteiger partial charge is 0.383 e. The molecule has 12 heteroatoms. The van der Waals surface area contributed by atoms with E-state index in [1.165, 1.54) is 9.80 Å². The van der Waals surface area contributed by atoms with Crippen LogP contribution >= 0.6 is 0 Å². The monoisotopic (exact) mass is 587 g/mol. The molecule has 2 aromatic carbocycles. The van der Waals surface area contributed by atoms with Crippen molar-refractivity contribution in [2.24, 2.45) is 5.73 Å². The number of piperazine rings is 1. The fourth-order valence-corrected chi connectivity index (χ4v) is 5.65. The van der Waals surface area contributed by atoms with E-state index >= 15 is 0 Å². The van der Waals surface area contributed by atoms with Gasteiger partial charge in [0.25, 0.3) is 0 Å². The minimum absolute atomic E-state index is 0.0764. The normalized spacial score (nSPS) is 20.9. The zero-order valence-corrected chi connectivity index (χ0v) is 23.8. The smallest absolute Gasteiger partial charge is 0.249 e. The van der Waals surface area contributed by atoms with Gasteiger partial charge in [0, 0.05) is 37.6 Å². The van der Waals surface area contributed by atoms with E-state index in [2.05, 4.69) is 20.9 Å². The molecule has 0 saturated carbocycles. The number of aryl methyl sites for hydroxylation is 1. The van der Waals surface area contributed by atoms with Crippen LogP contribution in [0.15, 0.2) is 66.9 Å². The van der Waals surface area contributed by atoms with Crippen molar-refractivity contribution in [3.05, 3.63) is 72.4 Å². The molecule has 0 aliphatic carbocycles. The number of carbonyl (C=O) groups excluding carboxylic acids is 4. The number of likely N-dealkylation sites (tertiary alicyclic amines) is 1. The molecule has 4 unspecified atom stereocenters. The average molecular weight is 588 g/mol. The highest BCUT2D eigenvalue weighted by Gasteiger charge is 2.43. The SMILES string of the molecule is NCC(=O)N1CCNC(C(=O)N2CC(NC(=O)C(O)CCc3ccccc3)CC2C(=O)Nc2cnc3ccccc3c2)C1. The summed E-state index contributed by atoms with van der Waals surface area (Å²) < 4.78 is 0. The Morgan fingerprint density at radius 3 is 2.63 bits per heavy atom. The molecule has 0 bridgehead atoms. The number of nitrogens with two attached hydrogens (primary N) is 1. The van der Waals surface area contributed by atoms with E-state index in [1.54, 1.807) is 6.20 Å². The molecule has 2 fully saturated rings. The van der Waals surface area contributed by atoms with Gasteiger partial charge in [-0.25, -0.2) is 0 Å². The molecule has 12 nitrogen and oxygen atoms in total. The molecule has 4 amide bonds. The Hall–Kier alpha value is -4.39. The Kier molecular flexibility index (Phi) is 9.60. The molecule has 2 aliphatic rings. The van der Waals surface area contributed by atoms with Crippen LogP contribution in [0.5, 0.6) is 0 Å². The molecule has 0 radical (unpaired) electrons. The fraction of sp³-hybridized carbons (Fsp3) is 0.387. The second kappa shape index (κ2) is 13.7. The summed E-state index contributed by atoms with van der Waals surface area (Å²) in [4.78, 5) is 59.8. The zero-order valence-electron chi connectivity index (χ0n) is 23.8. The number of aromatic nitrogens is 1. The van der Waals surface area contributed by atoms with Crippen LogP contribution in [0, 0.1) is 0 Å². The topological polar surface area (TPSA) is 170 Å². The van der Waals surface area contributed by atoms with E-state index in [-0.39, 0.29) is 44.3 Å². The van der Waals surface area contributed by atoms with Crippen LogP contribution in [-0.4, -0.2) is 100 Å². The van der Waals surface area contributed by atoms with Crippen molar-refractivity contribution in [2.75, 3.05) is 38.0 Å². The maximum Gasteiger partial charge on any atom is 0.249 e. The van der Waals surface area contributed by atoms with Crippen molar-refractivity contribution in [2.45, 2.75) is 43.5 Å². The number of benzene rings is 2. The number of hydrogen-bond donors (Lipinski definition) is 5. The Morgan fingerprint density at radius 2 is 1.84 bits per heavy atom. The molecular weight excluding hydrogens is 550 g/mol. The van der Waals surface area contributed by atoms with Crippen molar-refractivity contribution in [3.8, 4) is 0 Å². The summed E-state index contributed by atoms with van der Waals surface area (Å²) in [6, 6.07) is 16.7. The summed E-state index contributed by atoms with van der Waals surface area (Å²) in [6.45, 7) is 0.883. The maximum atomic E-state index is 13.8. The van der Waals surface area contributed by atoms with Gasteiger partial charge in [-0.05, 0) is 37.0 Å². The van der Waals surface area contributed by atoms with Crippen molar-refractivity contribution in [3.63, 3.8) is 0 Å². The number of rotatable bonds is 9. The highest BCUT2D eigenvalue weighted by molar-refractivity contribution is 5.99. The number of fused-ring (bicyclic) bond motifs is 1. The zero-order chi connectivity index (χ0) is 30.3. The fourth-order valence-electron chi connectivity index (χ4n) is 5.65. The number of carbonyl (C=O) groups is 4. The molecule has 43 heavy (non-hydrogen) atoms. The predicted octanol–water partition coefficient (Wildman–Crippen LogP) is 0.0118. The van der Waals surface area contributed by atoms with Crippen molar-refractivity contribution >= 4 is 40.2 Å². The summed E-state index contributed by atoms with van der Waals surface area (Å²) in [6.07, 6.45) is 1.25. The van der Waals surface area contributed by atoms with Crippen LogP contribution in [0.1, 0.15) is 18.4 Å². The van der Waals surface area contributed by atoms with Crippen LogP contribution in [0.25, 0.3) is 10.9 Å². The lowest BCUT2D eigenvalue weighted by Crippen LogP contribution is -2.61. The minimum Gasteiger partial charge on any atom is -0.383 e. The average Bonchev–Trinajstić information content (AvgIpc) is 3.47. The molecule has 2 aliphatic heterocycles. The van der Waals surface area contributed by atoms with Crippen molar-refractivity contribution < 1.29 is 24.3 Å². The molecule has 3 heterocycles. The summed E-state index contributed by atoms with van der Waals surface area (Å²) >= 11 is 0. The van der Waals surface area contributed by atoms with E-state index in [4.69, 9.17) is 5.73 Å². The first-order valence-corrected chi connectivity index (χ1v) is 14.5. The highest BCUT2D eigenvalue weighted by Crippen LogP contribution is 2.23. The number of aliphatic hydroxyl groups excluding tert-OH is 1. The lowest BCUT2D eigenvalue weighted by atomic mass is 10.1. The minimum atomic E-state index is -1.24. The van der Waals surface area contributed by atoms with Gasteiger partial charge >= 0.3 is 0 Å². The van der Waals surface area contributed by atoms with Gasteiger partial charge in [0.2, 0.25) is 23.6 Å². The Bertz CT molecular complexity index is 1470. The lowest BCUT2D eigenvalue weighted by molar-refractivity contribution is -0.141. The van der Waals surface area contributed by atoms with Gasteiger partial charge in [0.05, 0.1) is 23.9 Å². The van der Waals surface area contributed by atoms with Gasteiger partial charge < -0.3 is 36.6 Å². The molecular formula is C31H37N7O5. The van der Waals surface area contributed by atoms with E-state index in [9.17, 15) is 24.3 Å². The number of para-hydroxylation sites is 1. The molecule has 5 rings (SSSR count). The second-order valence-corrected chi connectivity index (χ2v) is 10.9. The van der Waals surface area contributed by atoms with Crippen LogP contribution in [0.3, 0.4) is 0 Å². The molecule has 2 saturated heterocycles. The molecule has 3 aromatic rings. The summed E-state index contributed by atoms with van der Waals surface area (Å²) in [7, 11) is 0. The number of nitrogens with zero attached hydrogens (tertiary/aromatic N) is 3. The quantitative estimate of drug-likeness (QED) is 0.233. The van der Waals surface area contributed by atoms with Gasteiger partial charge in [0.1, 0.15) is 18.2 Å². The summed E-state index contributed by atoms with van der Waals surface area (Å²) in [5.41, 5.74) is 7.81. The Balaban J connectivity index is 1.29. The van der Waals surface area contributed by atoms with E-state index in [0.29, 0.717) is 25.2 Å². The van der Waals surface area contributed by atoms with Gasteiger partial charge in [-0.15, -0.1) is 0 Å². The second-order valence-electron chi connectivity index (χ2n) is 10.9. The number of anilines is 1. The number of amides is 4. The summed E-state index contributed by atoms with van der Waals surface area (Å²) in [5.74, 6) is -1.58. The number of nitrogens with one attached hydrogen (secondary N) is 3. The molecule has 4 atom stereocenters. The van der Waals surface area contributed by atoms with Gasteiger partial charge in [-0.3, -0.25) is 24.2 Å². The first-order valence-electron chi connectivity index (χ1n) is 14.5. The van der Waals surface area contributed by atoms with Crippen LogP contribution < -0.4 is 21.7 Å². The molecule has 226 valence electrons. The molecule has 0 spiro atoms. The van der Waals surface area contributed by atoms with Gasteiger partial charge in [0.15, 0.2) is 0 Å². The predicted molar refractivity (Wildman–Crippen MR) is 161 cm³/mol. The first-order chi connectivity index (χ1) is 20.8. The molecule has 1 aromatic heterocycles. The number of aliphatic hydroxyl groups is 1. The molecule has 6 N–H and O–H groups in total. The Morgan fingerprint density at radius 1 is 1.07 bits per heavy atom. The van der Waals surface area contributed by atoms with Crippen LogP contribution in [0.4, 0.5) is 5.69 Å². The van der Waals surface area contributed by atoms with Crippen LogP contribution in [-0.2, 0) is 25.6 Å². The Labute approximate surface area is 249 Å². The van der Waals surface area contributed by atoms with E-state index in [0.717, 1.165) is 16.5 Å². The maximum absolute atomic E-state index is 13.8. The third kappa shape index (κ3) is 7.34. The summed E-state index contributed by atoms with van der Waals surface area (Å²) in [5, 5.41) is 20.3. The number of hydrogen-bond acceptors (Lipinski definition) is 8. The first kappa shape index (κ1) is 30.1. The van der Waals surface area contributed by atoms with Gasteiger partial charge in [-0.1, -0.05) is 48.5 Å². The number of pyridine rings is 1. The highest BCUT2D eigenvalue weighted by atomic mass is 16.3. The lowest BCUT2D eigenvalue weighted by Gasteiger charge is -2.36. The van der Waals surface area contributed by atoms with Crippen LogP contribution in [0.2, 0.25) is 0 Å². The van der Waals surface area contributed by atoms with Crippen molar-refractivity contribution in [1.29, 1.82) is 0 Å². The van der Waals surface area contributed by atoms with E-state index in [1.807, 2.05) is 60.7 Å². The third-order valence-electron chi connectivity index (χ3n) is 7.94. The van der Waals surface area contributed by atoms with Crippen molar-refractivity contribution in [1.82, 2.24) is 25.4 Å².